The summed E-state index contributed by atoms with van der Waals surface area (Å²) in [6.07, 6.45) is -2.57. The van der Waals surface area contributed by atoms with E-state index in [9.17, 15) is 14.7 Å². The van der Waals surface area contributed by atoms with Crippen LogP contribution >= 0.6 is 0 Å². The number of aromatic amines is 1. The second-order valence-corrected chi connectivity index (χ2v) is 10.00. The standard InChI is InChI=1S/C32H34N2O8/c1-20-18-34(31(37)33-29(20)36)30-28(40-4)26(35)25(42-30)19-41-32(21-12-7-5-8-13-21,22-14-9-6-10-15-22)23-16-11-17-24(38-2)27(23)39-3/h5-18,25-26,28,30,35H,19H2,1-4H3,(H,33,36,37). The van der Waals surface area contributed by atoms with Gasteiger partial charge in [-0.25, -0.2) is 4.79 Å². The van der Waals surface area contributed by atoms with Crippen LogP contribution < -0.4 is 20.7 Å². The Bertz CT molecular complexity index is 1580. The summed E-state index contributed by atoms with van der Waals surface area (Å²) in [4.78, 5) is 26.9. The SMILES string of the molecule is COc1cccc(C(OCC2OC(n3cc(C)c(=O)[nH]c3=O)C(OC)C2O)(c2ccccc2)c2ccccc2)c1OC. The minimum absolute atomic E-state index is 0.0984. The van der Waals surface area contributed by atoms with Crippen molar-refractivity contribution in [2.45, 2.75) is 37.1 Å². The van der Waals surface area contributed by atoms with Crippen molar-refractivity contribution in [3.05, 3.63) is 128 Å². The van der Waals surface area contributed by atoms with E-state index in [-0.39, 0.29) is 6.61 Å². The predicted molar refractivity (Wildman–Crippen MR) is 155 cm³/mol. The first-order chi connectivity index (χ1) is 20.3. The highest BCUT2D eigenvalue weighted by molar-refractivity contribution is 5.57. The number of benzene rings is 3. The van der Waals surface area contributed by atoms with E-state index in [1.54, 1.807) is 21.1 Å². The smallest absolute Gasteiger partial charge is 0.330 e. The highest BCUT2D eigenvalue weighted by Crippen LogP contribution is 2.48. The van der Waals surface area contributed by atoms with Gasteiger partial charge in [-0.1, -0.05) is 72.8 Å². The molecule has 1 fully saturated rings. The first kappa shape index (κ1) is 29.3. The van der Waals surface area contributed by atoms with Crippen LogP contribution in [0.2, 0.25) is 0 Å². The van der Waals surface area contributed by atoms with Crippen molar-refractivity contribution < 1.29 is 28.8 Å². The summed E-state index contributed by atoms with van der Waals surface area (Å²) in [6.45, 7) is 1.48. The van der Waals surface area contributed by atoms with E-state index in [4.69, 9.17) is 23.7 Å². The molecule has 1 saturated heterocycles. The fourth-order valence-corrected chi connectivity index (χ4v) is 5.55. The van der Waals surface area contributed by atoms with E-state index in [1.165, 1.54) is 17.9 Å². The van der Waals surface area contributed by atoms with Gasteiger partial charge in [-0.05, 0) is 24.1 Å². The van der Waals surface area contributed by atoms with Gasteiger partial charge in [-0.15, -0.1) is 0 Å². The molecule has 10 heteroatoms. The van der Waals surface area contributed by atoms with Crippen LogP contribution in [-0.2, 0) is 19.8 Å². The van der Waals surface area contributed by atoms with Crippen LogP contribution in [0.15, 0.2) is 94.6 Å². The average molecular weight is 575 g/mol. The fraction of sp³-hybridized carbons (Fsp3) is 0.312. The second-order valence-electron chi connectivity index (χ2n) is 10.00. The van der Waals surface area contributed by atoms with E-state index in [2.05, 4.69) is 4.98 Å². The molecule has 1 aliphatic rings. The third kappa shape index (κ3) is 5.14. The number of rotatable bonds is 10. The number of para-hydroxylation sites is 1. The highest BCUT2D eigenvalue weighted by atomic mass is 16.6. The van der Waals surface area contributed by atoms with E-state index >= 15 is 0 Å². The molecule has 220 valence electrons. The Balaban J connectivity index is 1.61. The first-order valence-corrected chi connectivity index (χ1v) is 13.5. The Labute approximate surface area is 243 Å². The maximum atomic E-state index is 12.7. The van der Waals surface area contributed by atoms with Gasteiger partial charge in [-0.3, -0.25) is 14.3 Å². The molecule has 4 unspecified atom stereocenters. The normalized spacial score (nSPS) is 20.4. The quantitative estimate of drug-likeness (QED) is 0.277. The van der Waals surface area contributed by atoms with Crippen molar-refractivity contribution in [1.29, 1.82) is 0 Å². The number of ether oxygens (including phenoxy) is 5. The van der Waals surface area contributed by atoms with Gasteiger partial charge in [0.25, 0.3) is 5.56 Å². The molecule has 1 aromatic heterocycles. The average Bonchev–Trinajstić information content (AvgIpc) is 3.34. The first-order valence-electron chi connectivity index (χ1n) is 13.5. The highest BCUT2D eigenvalue weighted by Gasteiger charge is 2.48. The molecule has 10 nitrogen and oxygen atoms in total. The Morgan fingerprint density at radius 1 is 0.905 bits per heavy atom. The molecule has 3 aromatic carbocycles. The maximum absolute atomic E-state index is 12.7. The van der Waals surface area contributed by atoms with E-state index in [0.717, 1.165) is 11.1 Å². The van der Waals surface area contributed by atoms with Gasteiger partial charge in [0.15, 0.2) is 17.7 Å². The lowest BCUT2D eigenvalue weighted by Crippen LogP contribution is -2.41. The number of hydrogen-bond acceptors (Lipinski definition) is 8. The molecule has 0 spiro atoms. The number of nitrogens with zero attached hydrogens (tertiary/aromatic N) is 1. The van der Waals surface area contributed by atoms with E-state index in [1.807, 2.05) is 78.9 Å². The molecule has 2 heterocycles. The van der Waals surface area contributed by atoms with Crippen LogP contribution in [0.4, 0.5) is 0 Å². The number of aliphatic hydroxyl groups excluding tert-OH is 1. The van der Waals surface area contributed by atoms with Gasteiger partial charge in [0.2, 0.25) is 0 Å². The van der Waals surface area contributed by atoms with Crippen molar-refractivity contribution in [3.63, 3.8) is 0 Å². The summed E-state index contributed by atoms with van der Waals surface area (Å²) < 4.78 is 31.5. The lowest BCUT2D eigenvalue weighted by Gasteiger charge is -2.38. The Kier molecular flexibility index (Phi) is 8.60. The number of aryl methyl sites for hydroxylation is 1. The fourth-order valence-electron chi connectivity index (χ4n) is 5.55. The number of aromatic nitrogens is 2. The summed E-state index contributed by atoms with van der Waals surface area (Å²) >= 11 is 0. The minimum Gasteiger partial charge on any atom is -0.493 e. The van der Waals surface area contributed by atoms with Crippen LogP contribution in [0.1, 0.15) is 28.5 Å². The lowest BCUT2D eigenvalue weighted by atomic mass is 9.79. The van der Waals surface area contributed by atoms with Gasteiger partial charge < -0.3 is 28.8 Å². The minimum atomic E-state index is -1.22. The molecule has 4 aromatic rings. The lowest BCUT2D eigenvalue weighted by molar-refractivity contribution is -0.0971. The number of aliphatic hydroxyl groups is 1. The number of nitrogens with one attached hydrogen (secondary N) is 1. The van der Waals surface area contributed by atoms with Crippen molar-refractivity contribution in [2.24, 2.45) is 0 Å². The summed E-state index contributed by atoms with van der Waals surface area (Å²) in [5.74, 6) is 1.02. The topological polar surface area (TPSA) is 121 Å². The Morgan fingerprint density at radius 3 is 2.12 bits per heavy atom. The summed E-state index contributed by atoms with van der Waals surface area (Å²) in [7, 11) is 4.57. The zero-order valence-electron chi connectivity index (χ0n) is 23.9. The van der Waals surface area contributed by atoms with Gasteiger partial charge >= 0.3 is 5.69 Å². The molecule has 4 atom stereocenters. The largest absolute Gasteiger partial charge is 0.493 e. The van der Waals surface area contributed by atoms with Gasteiger partial charge in [-0.2, -0.15) is 0 Å². The molecule has 0 aliphatic carbocycles. The molecule has 1 aliphatic heterocycles. The summed E-state index contributed by atoms with van der Waals surface area (Å²) in [5, 5.41) is 11.3. The van der Waals surface area contributed by atoms with Gasteiger partial charge in [0.05, 0.1) is 20.8 Å². The summed E-state index contributed by atoms with van der Waals surface area (Å²) in [6, 6.07) is 25.0. The van der Waals surface area contributed by atoms with Gasteiger partial charge in [0.1, 0.15) is 23.9 Å². The molecule has 0 radical (unpaired) electrons. The third-order valence-corrected chi connectivity index (χ3v) is 7.61. The van der Waals surface area contributed by atoms with Crippen molar-refractivity contribution in [3.8, 4) is 11.5 Å². The van der Waals surface area contributed by atoms with Crippen LogP contribution in [0.3, 0.4) is 0 Å². The zero-order chi connectivity index (χ0) is 29.9. The Hall–Kier alpha value is -4.22. The van der Waals surface area contributed by atoms with Crippen LogP contribution in [0, 0.1) is 6.92 Å². The molecule has 42 heavy (non-hydrogen) atoms. The number of H-pyrrole nitrogens is 1. The third-order valence-electron chi connectivity index (χ3n) is 7.61. The molecule has 0 amide bonds. The molecule has 0 saturated carbocycles. The summed E-state index contributed by atoms with van der Waals surface area (Å²) in [5.41, 5.74) is 0.227. The van der Waals surface area contributed by atoms with Crippen LogP contribution in [0.25, 0.3) is 0 Å². The molecule has 0 bridgehead atoms. The zero-order valence-corrected chi connectivity index (χ0v) is 23.9. The molecular formula is C32H34N2O8. The van der Waals surface area contributed by atoms with Gasteiger partial charge in [0, 0.05) is 24.4 Å². The Morgan fingerprint density at radius 2 is 1.55 bits per heavy atom. The molecule has 5 rings (SSSR count). The van der Waals surface area contributed by atoms with E-state index < -0.39 is 41.4 Å². The van der Waals surface area contributed by atoms with Crippen molar-refractivity contribution in [1.82, 2.24) is 9.55 Å². The molecular weight excluding hydrogens is 540 g/mol. The maximum Gasteiger partial charge on any atom is 0.330 e. The molecule has 2 N–H and O–H groups in total. The van der Waals surface area contributed by atoms with Crippen LogP contribution in [0.5, 0.6) is 11.5 Å². The van der Waals surface area contributed by atoms with Crippen LogP contribution in [-0.4, -0.2) is 60.9 Å². The number of hydrogen-bond donors (Lipinski definition) is 2. The predicted octanol–water partition coefficient (Wildman–Crippen LogP) is 3.14. The van der Waals surface area contributed by atoms with E-state index in [0.29, 0.717) is 22.6 Å². The number of methoxy groups -OCH3 is 3. The van der Waals surface area contributed by atoms with Crippen molar-refractivity contribution in [2.75, 3.05) is 27.9 Å². The van der Waals surface area contributed by atoms with Crippen molar-refractivity contribution >= 4 is 0 Å². The second kappa shape index (κ2) is 12.3. The monoisotopic (exact) mass is 574 g/mol.